The zero-order valence-corrected chi connectivity index (χ0v) is 16.0. The van der Waals surface area contributed by atoms with Gasteiger partial charge in [0.25, 0.3) is 0 Å². The van der Waals surface area contributed by atoms with Gasteiger partial charge in [-0.25, -0.2) is 0 Å². The fourth-order valence-electron chi connectivity index (χ4n) is 3.58. The second kappa shape index (κ2) is 7.52. The van der Waals surface area contributed by atoms with Crippen molar-refractivity contribution < 1.29 is 18.4 Å². The molecule has 4 rings (SSSR count). The molecule has 1 aliphatic rings. The molecule has 1 atom stereocenters. The molecule has 7 nitrogen and oxygen atoms in total. The van der Waals surface area contributed by atoms with Gasteiger partial charge in [0.05, 0.1) is 19.0 Å². The molecular weight excluding hydrogens is 358 g/mol. The summed E-state index contributed by atoms with van der Waals surface area (Å²) in [5.41, 5.74) is 1.46. The minimum absolute atomic E-state index is 0.0774. The van der Waals surface area contributed by atoms with Crippen molar-refractivity contribution in [1.29, 1.82) is 0 Å². The lowest BCUT2D eigenvalue weighted by molar-refractivity contribution is -0.132. The minimum Gasteiger partial charge on any atom is -0.465 e. The lowest BCUT2D eigenvalue weighted by atomic mass is 10.1. The monoisotopic (exact) mass is 381 g/mol. The number of amides is 2. The van der Waals surface area contributed by atoms with Crippen LogP contribution < -0.4 is 10.6 Å². The smallest absolute Gasteiger partial charge is 0.237 e. The number of benzene rings is 1. The molecule has 0 radical (unpaired) electrons. The van der Waals surface area contributed by atoms with Gasteiger partial charge in [0.15, 0.2) is 0 Å². The minimum atomic E-state index is -0.529. The van der Waals surface area contributed by atoms with Gasteiger partial charge in [-0.15, -0.1) is 0 Å². The van der Waals surface area contributed by atoms with Gasteiger partial charge < -0.3 is 19.5 Å². The molecule has 0 spiro atoms. The first-order valence-corrected chi connectivity index (χ1v) is 9.35. The summed E-state index contributed by atoms with van der Waals surface area (Å²) in [6.07, 6.45) is 0.0774. The highest BCUT2D eigenvalue weighted by Crippen LogP contribution is 2.23. The van der Waals surface area contributed by atoms with Crippen LogP contribution in [0.4, 0.5) is 5.69 Å². The summed E-state index contributed by atoms with van der Waals surface area (Å²) < 4.78 is 11.2. The summed E-state index contributed by atoms with van der Waals surface area (Å²) in [4.78, 5) is 27.0. The van der Waals surface area contributed by atoms with Gasteiger partial charge in [0, 0.05) is 24.2 Å². The molecule has 0 aliphatic carbocycles. The third kappa shape index (κ3) is 3.94. The molecule has 1 aliphatic heterocycles. The van der Waals surface area contributed by atoms with Crippen LogP contribution in [0.5, 0.6) is 0 Å². The lowest BCUT2D eigenvalue weighted by Gasteiger charge is -2.34. The zero-order chi connectivity index (χ0) is 19.7. The van der Waals surface area contributed by atoms with Crippen LogP contribution in [0.15, 0.2) is 45.2 Å². The van der Waals surface area contributed by atoms with Gasteiger partial charge in [-0.05, 0) is 50.2 Å². The van der Waals surface area contributed by atoms with Crippen molar-refractivity contribution >= 4 is 28.5 Å². The van der Waals surface area contributed by atoms with E-state index in [1.807, 2.05) is 49.1 Å². The fraction of sp³-hybridized carbons (Fsp3) is 0.333. The molecule has 3 heterocycles. The number of carbonyl (C=O) groups is 2. The first-order chi connectivity index (χ1) is 13.5. The van der Waals surface area contributed by atoms with Gasteiger partial charge in [-0.1, -0.05) is 0 Å². The number of carbonyl (C=O) groups excluding carboxylic acids is 2. The number of nitrogens with zero attached hydrogens (tertiary/aromatic N) is 1. The SMILES string of the molecule is Cc1ccc(CN2CCNC(=O)C2CC(=O)Nc2ccc3oc(C)cc3c2)o1. The maximum absolute atomic E-state index is 12.6. The maximum Gasteiger partial charge on any atom is 0.237 e. The van der Waals surface area contributed by atoms with Crippen molar-refractivity contribution in [3.63, 3.8) is 0 Å². The second-order valence-corrected chi connectivity index (χ2v) is 7.15. The number of nitrogens with one attached hydrogen (secondary N) is 2. The Morgan fingerprint density at radius 3 is 2.82 bits per heavy atom. The predicted octanol–water partition coefficient (Wildman–Crippen LogP) is 2.97. The van der Waals surface area contributed by atoms with Crippen molar-refractivity contribution in [2.75, 3.05) is 18.4 Å². The number of piperazine rings is 1. The highest BCUT2D eigenvalue weighted by atomic mass is 16.3. The molecule has 2 aromatic heterocycles. The predicted molar refractivity (Wildman–Crippen MR) is 105 cm³/mol. The van der Waals surface area contributed by atoms with Crippen molar-refractivity contribution in [3.8, 4) is 0 Å². The van der Waals surface area contributed by atoms with Crippen LogP contribution in [0.3, 0.4) is 0 Å². The summed E-state index contributed by atoms with van der Waals surface area (Å²) in [5, 5.41) is 6.67. The summed E-state index contributed by atoms with van der Waals surface area (Å²) >= 11 is 0. The topological polar surface area (TPSA) is 87.7 Å². The summed E-state index contributed by atoms with van der Waals surface area (Å²) in [6, 6.07) is 10.7. The van der Waals surface area contributed by atoms with E-state index in [1.54, 1.807) is 6.07 Å². The Hall–Kier alpha value is -3.06. The van der Waals surface area contributed by atoms with Gasteiger partial charge in [-0.2, -0.15) is 0 Å². The Balaban J connectivity index is 1.44. The van der Waals surface area contributed by atoms with Crippen molar-refractivity contribution in [2.24, 2.45) is 0 Å². The zero-order valence-electron chi connectivity index (χ0n) is 16.0. The molecule has 146 valence electrons. The molecule has 2 N–H and O–H groups in total. The average molecular weight is 381 g/mol. The summed E-state index contributed by atoms with van der Waals surface area (Å²) in [7, 11) is 0. The van der Waals surface area contributed by atoms with E-state index in [-0.39, 0.29) is 18.2 Å². The van der Waals surface area contributed by atoms with Crippen molar-refractivity contribution in [2.45, 2.75) is 32.9 Å². The van der Waals surface area contributed by atoms with E-state index >= 15 is 0 Å². The van der Waals surface area contributed by atoms with Gasteiger partial charge in [-0.3, -0.25) is 14.5 Å². The van der Waals surface area contributed by atoms with E-state index in [0.717, 1.165) is 28.2 Å². The van der Waals surface area contributed by atoms with E-state index in [1.165, 1.54) is 0 Å². The Labute approximate surface area is 162 Å². The Morgan fingerprint density at radius 2 is 2.04 bits per heavy atom. The molecule has 7 heteroatoms. The van der Waals surface area contributed by atoms with E-state index < -0.39 is 6.04 Å². The van der Waals surface area contributed by atoms with E-state index in [0.29, 0.717) is 25.3 Å². The van der Waals surface area contributed by atoms with Crippen LogP contribution in [0, 0.1) is 13.8 Å². The molecule has 28 heavy (non-hydrogen) atoms. The fourth-order valence-corrected chi connectivity index (χ4v) is 3.58. The number of furan rings is 2. The summed E-state index contributed by atoms with van der Waals surface area (Å²) in [5.74, 6) is 2.10. The standard InChI is InChI=1S/C21H23N3O4/c1-13-3-5-17(27-13)12-24-8-7-22-21(26)18(24)11-20(25)23-16-4-6-19-15(10-16)9-14(2)28-19/h3-6,9-10,18H,7-8,11-12H2,1-2H3,(H,22,26)(H,23,25). The second-order valence-electron chi connectivity index (χ2n) is 7.15. The van der Waals surface area contributed by atoms with Crippen molar-refractivity contribution in [1.82, 2.24) is 10.2 Å². The van der Waals surface area contributed by atoms with E-state index in [4.69, 9.17) is 8.83 Å². The van der Waals surface area contributed by atoms with Crippen LogP contribution in [-0.4, -0.2) is 35.8 Å². The highest BCUT2D eigenvalue weighted by molar-refractivity contribution is 5.97. The first-order valence-electron chi connectivity index (χ1n) is 9.35. The number of aryl methyl sites for hydroxylation is 2. The van der Waals surface area contributed by atoms with Gasteiger partial charge >= 0.3 is 0 Å². The van der Waals surface area contributed by atoms with Crippen LogP contribution in [0.25, 0.3) is 11.0 Å². The van der Waals surface area contributed by atoms with Crippen LogP contribution in [-0.2, 0) is 16.1 Å². The maximum atomic E-state index is 12.6. The number of hydrogen-bond donors (Lipinski definition) is 2. The number of anilines is 1. The normalized spacial score (nSPS) is 17.6. The van der Waals surface area contributed by atoms with Gasteiger partial charge in [0.2, 0.25) is 11.8 Å². The van der Waals surface area contributed by atoms with Gasteiger partial charge in [0.1, 0.15) is 22.9 Å². The third-order valence-corrected chi connectivity index (χ3v) is 4.90. The van der Waals surface area contributed by atoms with E-state index in [9.17, 15) is 9.59 Å². The quantitative estimate of drug-likeness (QED) is 0.709. The lowest BCUT2D eigenvalue weighted by Crippen LogP contribution is -2.55. The number of rotatable bonds is 5. The third-order valence-electron chi connectivity index (χ3n) is 4.90. The van der Waals surface area contributed by atoms with Crippen LogP contribution >= 0.6 is 0 Å². The molecule has 1 aromatic carbocycles. The van der Waals surface area contributed by atoms with Crippen LogP contribution in [0.1, 0.15) is 23.7 Å². The highest BCUT2D eigenvalue weighted by Gasteiger charge is 2.32. The largest absolute Gasteiger partial charge is 0.465 e. The molecule has 1 fully saturated rings. The Bertz CT molecular complexity index is 1020. The first kappa shape index (κ1) is 18.3. The molecule has 2 amide bonds. The molecular formula is C21H23N3O4. The molecule has 1 saturated heterocycles. The molecule has 1 unspecified atom stereocenters. The molecule has 0 bridgehead atoms. The number of fused-ring (bicyclic) bond motifs is 1. The summed E-state index contributed by atoms with van der Waals surface area (Å²) in [6.45, 7) is 5.50. The number of hydrogen-bond acceptors (Lipinski definition) is 5. The van der Waals surface area contributed by atoms with Crippen molar-refractivity contribution in [3.05, 3.63) is 53.7 Å². The Morgan fingerprint density at radius 1 is 1.18 bits per heavy atom. The van der Waals surface area contributed by atoms with Crippen LogP contribution in [0.2, 0.25) is 0 Å². The molecule has 0 saturated carbocycles. The molecule has 3 aromatic rings. The Kier molecular flexibility index (Phi) is 4.92. The van der Waals surface area contributed by atoms with E-state index in [2.05, 4.69) is 10.6 Å². The average Bonchev–Trinajstić information content (AvgIpc) is 3.22.